The number of benzene rings is 2. The maximum absolute atomic E-state index is 2.30. The zero-order valence-corrected chi connectivity index (χ0v) is 13.1. The monoisotopic (exact) mass is 296 g/mol. The van der Waals surface area contributed by atoms with Gasteiger partial charge in [0, 0.05) is 27.2 Å². The van der Waals surface area contributed by atoms with Gasteiger partial charge in [0.2, 0.25) is 0 Å². The molecule has 1 unspecified atom stereocenters. The van der Waals surface area contributed by atoms with Gasteiger partial charge in [-0.05, 0) is 23.6 Å². The van der Waals surface area contributed by atoms with E-state index in [2.05, 4.69) is 67.2 Å². The molecule has 0 bridgehead atoms. The Hall–Kier alpha value is -1.12. The number of thioether (sulfide) groups is 2. The molecule has 0 saturated carbocycles. The molecule has 0 nitrogen and oxygen atoms in total. The van der Waals surface area contributed by atoms with Crippen molar-refractivity contribution in [2.45, 2.75) is 12.8 Å². The van der Waals surface area contributed by atoms with Crippen LogP contribution in [0.15, 0.2) is 53.4 Å². The summed E-state index contributed by atoms with van der Waals surface area (Å²) in [6.07, 6.45) is 0. The molecular weight excluding hydrogens is 280 g/mol. The van der Waals surface area contributed by atoms with Crippen molar-refractivity contribution in [1.29, 1.82) is 0 Å². The fourth-order valence-corrected chi connectivity index (χ4v) is 5.76. The molecule has 100 valence electrons. The molecule has 2 aromatic carbocycles. The van der Waals surface area contributed by atoms with E-state index in [4.69, 9.17) is 0 Å². The van der Waals surface area contributed by atoms with Crippen LogP contribution in [0.1, 0.15) is 28.2 Å². The normalized spacial score (nSPS) is 20.8. The Balaban J connectivity index is 1.89. The van der Waals surface area contributed by atoms with Gasteiger partial charge >= 0.3 is 0 Å². The van der Waals surface area contributed by atoms with Crippen molar-refractivity contribution >= 4 is 28.4 Å². The number of rotatable bonds is 1. The Morgan fingerprint density at radius 1 is 0.900 bits per heavy atom. The third-order valence-corrected chi connectivity index (χ3v) is 6.68. The lowest BCUT2D eigenvalue weighted by Crippen LogP contribution is -2.02. The highest BCUT2D eigenvalue weighted by Crippen LogP contribution is 2.56. The van der Waals surface area contributed by atoms with Crippen LogP contribution in [0.3, 0.4) is 0 Å². The standard InChI is InChI=1S/C18H16S2/c1-12-6-8-13(9-7-12)16-14-4-2-3-5-15(14)17-18(16)20-11-10-19-17/h2-9,16H,10-11H2,1H3. The highest BCUT2D eigenvalue weighted by Gasteiger charge is 2.34. The van der Waals surface area contributed by atoms with E-state index >= 15 is 0 Å². The summed E-state index contributed by atoms with van der Waals surface area (Å²) in [6, 6.07) is 18.0. The third-order valence-electron chi connectivity index (χ3n) is 4.00. The Kier molecular flexibility index (Phi) is 3.16. The van der Waals surface area contributed by atoms with Crippen molar-refractivity contribution in [3.05, 3.63) is 75.7 Å². The van der Waals surface area contributed by atoms with Crippen LogP contribution >= 0.6 is 23.5 Å². The molecule has 0 fully saturated rings. The Bertz CT molecular complexity index is 683. The van der Waals surface area contributed by atoms with E-state index in [1.165, 1.54) is 38.7 Å². The summed E-state index contributed by atoms with van der Waals surface area (Å²) in [5, 5.41) is 0. The maximum Gasteiger partial charge on any atom is 0.0417 e. The van der Waals surface area contributed by atoms with Gasteiger partial charge in [-0.2, -0.15) is 0 Å². The fraction of sp³-hybridized carbons (Fsp3) is 0.222. The predicted octanol–water partition coefficient (Wildman–Crippen LogP) is 5.29. The molecule has 2 heteroatoms. The molecule has 2 aliphatic rings. The van der Waals surface area contributed by atoms with Crippen molar-refractivity contribution in [2.75, 3.05) is 11.5 Å². The number of fused-ring (bicyclic) bond motifs is 2. The van der Waals surface area contributed by atoms with Crippen molar-refractivity contribution in [3.8, 4) is 0 Å². The van der Waals surface area contributed by atoms with E-state index in [0.29, 0.717) is 5.92 Å². The molecule has 0 N–H and O–H groups in total. The fourth-order valence-electron chi connectivity index (χ4n) is 3.04. The van der Waals surface area contributed by atoms with Gasteiger partial charge in [-0.3, -0.25) is 0 Å². The summed E-state index contributed by atoms with van der Waals surface area (Å²) in [6.45, 7) is 2.16. The van der Waals surface area contributed by atoms with E-state index < -0.39 is 0 Å². The van der Waals surface area contributed by atoms with Crippen molar-refractivity contribution in [3.63, 3.8) is 0 Å². The average Bonchev–Trinajstić information content (AvgIpc) is 2.83. The van der Waals surface area contributed by atoms with Gasteiger partial charge in [-0.1, -0.05) is 54.1 Å². The number of allylic oxidation sites excluding steroid dienone is 1. The predicted molar refractivity (Wildman–Crippen MR) is 91.3 cm³/mol. The molecule has 20 heavy (non-hydrogen) atoms. The van der Waals surface area contributed by atoms with Crippen LogP contribution in [0, 0.1) is 6.92 Å². The van der Waals surface area contributed by atoms with Gasteiger partial charge in [0.1, 0.15) is 0 Å². The first-order chi connectivity index (χ1) is 9.84. The van der Waals surface area contributed by atoms with Crippen LogP contribution in [-0.4, -0.2) is 11.5 Å². The first-order valence-corrected chi connectivity index (χ1v) is 8.97. The summed E-state index contributed by atoms with van der Waals surface area (Å²) in [5.41, 5.74) is 5.72. The minimum Gasteiger partial charge on any atom is -0.128 e. The van der Waals surface area contributed by atoms with E-state index in [9.17, 15) is 0 Å². The molecule has 0 saturated heterocycles. The second kappa shape index (κ2) is 5.01. The zero-order chi connectivity index (χ0) is 13.5. The molecule has 1 heterocycles. The maximum atomic E-state index is 2.30. The van der Waals surface area contributed by atoms with Crippen LogP contribution in [0.25, 0.3) is 4.91 Å². The molecule has 1 atom stereocenters. The molecule has 1 aliphatic heterocycles. The lowest BCUT2D eigenvalue weighted by Gasteiger charge is -2.19. The van der Waals surface area contributed by atoms with E-state index in [1.54, 1.807) is 4.91 Å². The third kappa shape index (κ3) is 1.94. The molecule has 0 aromatic heterocycles. The van der Waals surface area contributed by atoms with E-state index in [0.717, 1.165) is 0 Å². The van der Waals surface area contributed by atoms with Gasteiger partial charge in [0.05, 0.1) is 0 Å². The van der Waals surface area contributed by atoms with Crippen LogP contribution in [-0.2, 0) is 0 Å². The Morgan fingerprint density at radius 3 is 2.50 bits per heavy atom. The molecule has 1 aliphatic carbocycles. The first-order valence-electron chi connectivity index (χ1n) is 7.00. The lowest BCUT2D eigenvalue weighted by molar-refractivity contribution is 1.03. The van der Waals surface area contributed by atoms with Gasteiger partial charge in [0.25, 0.3) is 0 Å². The summed E-state index contributed by atoms with van der Waals surface area (Å²) >= 11 is 4.09. The van der Waals surface area contributed by atoms with E-state index in [1.807, 2.05) is 11.8 Å². The van der Waals surface area contributed by atoms with Gasteiger partial charge < -0.3 is 0 Å². The summed E-state index contributed by atoms with van der Waals surface area (Å²) in [7, 11) is 0. The highest BCUT2D eigenvalue weighted by molar-refractivity contribution is 8.13. The number of hydrogen-bond acceptors (Lipinski definition) is 2. The summed E-state index contributed by atoms with van der Waals surface area (Å²) < 4.78 is 0. The minimum absolute atomic E-state index is 0.458. The minimum atomic E-state index is 0.458. The quantitative estimate of drug-likeness (QED) is 0.701. The zero-order valence-electron chi connectivity index (χ0n) is 11.4. The molecule has 4 rings (SSSR count). The second-order valence-corrected chi connectivity index (χ2v) is 7.56. The molecule has 0 amide bonds. The number of aryl methyl sites for hydroxylation is 1. The smallest absolute Gasteiger partial charge is 0.0417 e. The van der Waals surface area contributed by atoms with Crippen LogP contribution in [0.4, 0.5) is 0 Å². The second-order valence-electron chi connectivity index (χ2n) is 5.32. The van der Waals surface area contributed by atoms with Crippen molar-refractivity contribution < 1.29 is 0 Å². The highest BCUT2D eigenvalue weighted by atomic mass is 32.2. The molecule has 0 radical (unpaired) electrons. The summed E-state index contributed by atoms with van der Waals surface area (Å²) in [5.74, 6) is 2.93. The van der Waals surface area contributed by atoms with Crippen molar-refractivity contribution in [1.82, 2.24) is 0 Å². The van der Waals surface area contributed by atoms with Gasteiger partial charge in [-0.15, -0.1) is 23.5 Å². The SMILES string of the molecule is Cc1ccc(C2C3=C(SCCS3)c3ccccc32)cc1. The lowest BCUT2D eigenvalue weighted by atomic mass is 9.92. The first kappa shape index (κ1) is 12.6. The van der Waals surface area contributed by atoms with Gasteiger partial charge in [-0.25, -0.2) is 0 Å². The van der Waals surface area contributed by atoms with Gasteiger partial charge in [0.15, 0.2) is 0 Å². The Morgan fingerprint density at radius 2 is 1.65 bits per heavy atom. The summed E-state index contributed by atoms with van der Waals surface area (Å²) in [4.78, 5) is 3.11. The van der Waals surface area contributed by atoms with Crippen molar-refractivity contribution in [2.24, 2.45) is 0 Å². The molecular formula is C18H16S2. The average molecular weight is 296 g/mol. The largest absolute Gasteiger partial charge is 0.128 e. The Labute approximate surface area is 128 Å². The molecule has 2 aromatic rings. The van der Waals surface area contributed by atoms with E-state index in [-0.39, 0.29) is 0 Å². The molecule has 0 spiro atoms. The van der Waals surface area contributed by atoms with Crippen LogP contribution in [0.5, 0.6) is 0 Å². The number of hydrogen-bond donors (Lipinski definition) is 0. The van der Waals surface area contributed by atoms with Crippen LogP contribution < -0.4 is 0 Å². The topological polar surface area (TPSA) is 0 Å². The van der Waals surface area contributed by atoms with Crippen LogP contribution in [0.2, 0.25) is 0 Å².